The number of aryl methyl sites for hydroxylation is 1. The molecule has 0 saturated carbocycles. The minimum Gasteiger partial charge on any atom is -0.322 e. The smallest absolute Gasteiger partial charge is 0.271 e. The number of carbonyl (C=O) groups is 1. The highest BCUT2D eigenvalue weighted by Gasteiger charge is 2.32. The number of nitrogens with zero attached hydrogens (tertiary/aromatic N) is 3. The number of rotatable bonds is 5. The fourth-order valence-corrected chi connectivity index (χ4v) is 6.52. The van der Waals surface area contributed by atoms with Gasteiger partial charge in [-0.3, -0.25) is 14.2 Å². The zero-order valence-electron chi connectivity index (χ0n) is 23.1. The van der Waals surface area contributed by atoms with E-state index >= 15 is 0 Å². The molecule has 0 bridgehead atoms. The van der Waals surface area contributed by atoms with E-state index in [9.17, 15) is 14.0 Å². The number of fused-ring (bicyclic) bond motifs is 1. The van der Waals surface area contributed by atoms with Crippen molar-refractivity contribution in [3.8, 4) is 5.69 Å². The molecule has 1 unspecified atom stereocenters. The molecule has 0 fully saturated rings. The standard InChI is InChI=1S/C33H26ClFN4O2S/c1-19-17-23(21(3)38(19)27-15-13-25(35)14-16-27)18-28-32(41)39-30(22-9-11-24(34)12-10-22)29(20(2)36-33(39)42-28)31(40)37-26-7-5-4-6-8-26/h4-18,30H,1-3H3,(H,37,40)/b28-18+. The molecule has 3 aromatic carbocycles. The van der Waals surface area contributed by atoms with E-state index in [1.807, 2.05) is 73.0 Å². The van der Waals surface area contributed by atoms with Crippen LogP contribution in [-0.4, -0.2) is 15.0 Å². The molecule has 1 aliphatic heterocycles. The molecule has 0 aliphatic carbocycles. The summed E-state index contributed by atoms with van der Waals surface area (Å²) in [4.78, 5) is 33.0. The number of allylic oxidation sites excluding steroid dienone is 1. The number of hydrogen-bond donors (Lipinski definition) is 1. The number of benzene rings is 3. The van der Waals surface area contributed by atoms with Crippen molar-refractivity contribution in [3.63, 3.8) is 0 Å². The maximum absolute atomic E-state index is 14.1. The average molecular weight is 597 g/mol. The Morgan fingerprint density at radius 1 is 1.00 bits per heavy atom. The predicted octanol–water partition coefficient (Wildman–Crippen LogP) is 6.07. The molecule has 0 radical (unpaired) electrons. The molecule has 6 nitrogen and oxygen atoms in total. The van der Waals surface area contributed by atoms with Gasteiger partial charge in [0.05, 0.1) is 21.8 Å². The predicted molar refractivity (Wildman–Crippen MR) is 165 cm³/mol. The highest BCUT2D eigenvalue weighted by atomic mass is 35.5. The number of carbonyl (C=O) groups excluding carboxylic acids is 1. The lowest BCUT2D eigenvalue weighted by Gasteiger charge is -2.25. The average Bonchev–Trinajstić information content (AvgIpc) is 3.43. The van der Waals surface area contributed by atoms with Crippen molar-refractivity contribution in [2.45, 2.75) is 26.8 Å². The molecular weight excluding hydrogens is 571 g/mol. The van der Waals surface area contributed by atoms with Crippen LogP contribution in [0.3, 0.4) is 0 Å². The van der Waals surface area contributed by atoms with Crippen LogP contribution < -0.4 is 20.2 Å². The third-order valence-corrected chi connectivity index (χ3v) is 8.56. The fraction of sp³-hybridized carbons (Fsp3) is 0.121. The van der Waals surface area contributed by atoms with Gasteiger partial charge in [0.15, 0.2) is 4.80 Å². The van der Waals surface area contributed by atoms with E-state index < -0.39 is 6.04 Å². The van der Waals surface area contributed by atoms with E-state index in [0.29, 0.717) is 31.3 Å². The zero-order chi connectivity index (χ0) is 29.5. The topological polar surface area (TPSA) is 68.4 Å². The molecular formula is C33H26ClFN4O2S. The minimum absolute atomic E-state index is 0.247. The van der Waals surface area contributed by atoms with Gasteiger partial charge in [0.25, 0.3) is 11.5 Å². The van der Waals surface area contributed by atoms with E-state index in [2.05, 4.69) is 5.32 Å². The van der Waals surface area contributed by atoms with Gasteiger partial charge < -0.3 is 9.88 Å². The van der Waals surface area contributed by atoms with Crippen molar-refractivity contribution < 1.29 is 9.18 Å². The van der Waals surface area contributed by atoms with E-state index in [1.54, 1.807) is 35.8 Å². The van der Waals surface area contributed by atoms with Gasteiger partial charge in [-0.15, -0.1) is 0 Å². The molecule has 3 heterocycles. The maximum Gasteiger partial charge on any atom is 0.271 e. The number of amides is 1. The summed E-state index contributed by atoms with van der Waals surface area (Å²) >= 11 is 7.47. The van der Waals surface area contributed by atoms with E-state index in [0.717, 1.165) is 28.2 Å². The van der Waals surface area contributed by atoms with Gasteiger partial charge in [-0.05, 0) is 92.6 Å². The largest absolute Gasteiger partial charge is 0.322 e. The molecule has 5 aromatic rings. The second-order valence-electron chi connectivity index (χ2n) is 10.1. The summed E-state index contributed by atoms with van der Waals surface area (Å²) in [6.07, 6.45) is 1.86. The van der Waals surface area contributed by atoms with Gasteiger partial charge in [0.2, 0.25) is 0 Å². The molecule has 1 amide bonds. The molecule has 42 heavy (non-hydrogen) atoms. The van der Waals surface area contributed by atoms with Crippen LogP contribution in [0, 0.1) is 19.7 Å². The van der Waals surface area contributed by atoms with E-state index in [4.69, 9.17) is 16.6 Å². The number of aromatic nitrogens is 2. The number of thiazole rings is 1. The van der Waals surface area contributed by atoms with Crippen LogP contribution in [0.1, 0.15) is 35.5 Å². The number of nitrogens with one attached hydrogen (secondary N) is 1. The van der Waals surface area contributed by atoms with Gasteiger partial charge in [0.1, 0.15) is 5.82 Å². The summed E-state index contributed by atoms with van der Waals surface area (Å²) < 4.78 is 17.6. The number of para-hydroxylation sites is 1. The Kier molecular flexibility index (Phi) is 7.26. The van der Waals surface area contributed by atoms with Gasteiger partial charge in [-0.25, -0.2) is 9.38 Å². The molecule has 1 N–H and O–H groups in total. The fourth-order valence-electron chi connectivity index (χ4n) is 5.35. The monoisotopic (exact) mass is 596 g/mol. The number of hydrogen-bond acceptors (Lipinski definition) is 4. The number of halogens is 2. The number of anilines is 1. The first kappa shape index (κ1) is 27.6. The summed E-state index contributed by atoms with van der Waals surface area (Å²) in [7, 11) is 0. The Morgan fingerprint density at radius 3 is 2.38 bits per heavy atom. The molecule has 1 atom stereocenters. The van der Waals surface area contributed by atoms with Crippen LogP contribution in [0.15, 0.2) is 106 Å². The summed E-state index contributed by atoms with van der Waals surface area (Å²) in [6.45, 7) is 5.72. The second-order valence-corrected chi connectivity index (χ2v) is 11.5. The lowest BCUT2D eigenvalue weighted by Crippen LogP contribution is -2.40. The normalized spacial score (nSPS) is 15.0. The maximum atomic E-state index is 14.1. The SMILES string of the molecule is CC1=C(C(=O)Nc2ccccc2)C(c2ccc(Cl)cc2)n2c(s/c(=C/c3cc(C)n(-c4ccc(F)cc4)c3C)c2=O)=N1. The highest BCUT2D eigenvalue weighted by molar-refractivity contribution is 7.07. The zero-order valence-corrected chi connectivity index (χ0v) is 24.6. The van der Waals surface area contributed by atoms with Crippen molar-refractivity contribution in [1.29, 1.82) is 0 Å². The van der Waals surface area contributed by atoms with Gasteiger partial charge >= 0.3 is 0 Å². The summed E-state index contributed by atoms with van der Waals surface area (Å²) in [5, 5.41) is 3.51. The van der Waals surface area contributed by atoms with Crippen molar-refractivity contribution in [1.82, 2.24) is 9.13 Å². The Hall–Kier alpha value is -4.53. The molecule has 210 valence electrons. The summed E-state index contributed by atoms with van der Waals surface area (Å²) in [5.74, 6) is -0.635. The van der Waals surface area contributed by atoms with Crippen LogP contribution in [-0.2, 0) is 4.79 Å². The van der Waals surface area contributed by atoms with Crippen molar-refractivity contribution in [3.05, 3.63) is 149 Å². The van der Waals surface area contributed by atoms with Crippen LogP contribution >= 0.6 is 22.9 Å². The molecule has 0 spiro atoms. The quantitative estimate of drug-likeness (QED) is 0.267. The van der Waals surface area contributed by atoms with Gasteiger partial charge in [0, 0.05) is 27.8 Å². The second kappa shape index (κ2) is 11.0. The third-order valence-electron chi connectivity index (χ3n) is 7.33. The Morgan fingerprint density at radius 2 is 1.69 bits per heavy atom. The third kappa shape index (κ3) is 5.04. The van der Waals surface area contributed by atoms with E-state index in [-0.39, 0.29) is 17.3 Å². The molecule has 9 heteroatoms. The van der Waals surface area contributed by atoms with Crippen LogP contribution in [0.5, 0.6) is 0 Å². The van der Waals surface area contributed by atoms with Crippen molar-refractivity contribution in [2.75, 3.05) is 5.32 Å². The lowest BCUT2D eigenvalue weighted by molar-refractivity contribution is -0.113. The molecule has 0 saturated heterocycles. The van der Waals surface area contributed by atoms with Crippen LogP contribution in [0.25, 0.3) is 11.8 Å². The molecule has 1 aliphatic rings. The van der Waals surface area contributed by atoms with Crippen LogP contribution in [0.4, 0.5) is 10.1 Å². The molecule has 2 aromatic heterocycles. The Labute approximate surface area is 250 Å². The Balaban J connectivity index is 1.49. The highest BCUT2D eigenvalue weighted by Crippen LogP contribution is 2.31. The van der Waals surface area contributed by atoms with Crippen molar-refractivity contribution in [2.24, 2.45) is 4.99 Å². The van der Waals surface area contributed by atoms with Crippen molar-refractivity contribution >= 4 is 40.6 Å². The van der Waals surface area contributed by atoms with Gasteiger partial charge in [-0.2, -0.15) is 0 Å². The summed E-state index contributed by atoms with van der Waals surface area (Å²) in [5.41, 5.74) is 5.62. The lowest BCUT2D eigenvalue weighted by atomic mass is 9.95. The van der Waals surface area contributed by atoms with Crippen LogP contribution in [0.2, 0.25) is 5.02 Å². The first-order chi connectivity index (χ1) is 20.2. The van der Waals surface area contributed by atoms with E-state index in [1.165, 1.54) is 23.5 Å². The summed E-state index contributed by atoms with van der Waals surface area (Å²) in [6, 6.07) is 23.9. The first-order valence-corrected chi connectivity index (χ1v) is 14.5. The Bertz CT molecular complexity index is 2040. The first-order valence-electron chi connectivity index (χ1n) is 13.3. The van der Waals surface area contributed by atoms with Gasteiger partial charge in [-0.1, -0.05) is 53.3 Å². The molecule has 6 rings (SSSR count). The minimum atomic E-state index is -0.698.